The van der Waals surface area contributed by atoms with Crippen LogP contribution in [0.2, 0.25) is 10.0 Å². The van der Waals surface area contributed by atoms with E-state index >= 15 is 0 Å². The van der Waals surface area contributed by atoms with E-state index < -0.39 is 16.1 Å². The Hall–Kier alpha value is -3.23. The summed E-state index contributed by atoms with van der Waals surface area (Å²) in [5, 5.41) is 12.7. The maximum Gasteiger partial charge on any atom is 0.317 e. The molecule has 1 aromatic heterocycles. The number of ether oxygens (including phenoxy) is 1. The van der Waals surface area contributed by atoms with Crippen LogP contribution in [0.3, 0.4) is 0 Å². The van der Waals surface area contributed by atoms with Crippen LogP contribution in [0.4, 0.5) is 4.79 Å². The second kappa shape index (κ2) is 11.2. The smallest absolute Gasteiger partial charge is 0.317 e. The van der Waals surface area contributed by atoms with Crippen LogP contribution in [0.25, 0.3) is 0 Å². The second-order valence-corrected chi connectivity index (χ2v) is 10.7. The van der Waals surface area contributed by atoms with Gasteiger partial charge in [-0.05, 0) is 61.4 Å². The maximum absolute atomic E-state index is 13.3. The van der Waals surface area contributed by atoms with Crippen LogP contribution in [0.1, 0.15) is 24.2 Å². The molecule has 36 heavy (non-hydrogen) atoms. The fraction of sp³-hybridized carbons (Fsp3) is 0.250. The summed E-state index contributed by atoms with van der Waals surface area (Å²) >= 11 is 12.1. The molecule has 2 amide bonds. The average molecular weight is 549 g/mol. The molecule has 188 valence electrons. The Morgan fingerprint density at radius 3 is 2.50 bits per heavy atom. The number of carbonyl (C=O) groups is 1. The molecule has 0 radical (unpaired) electrons. The zero-order valence-corrected chi connectivity index (χ0v) is 21.2. The Morgan fingerprint density at radius 1 is 1.14 bits per heavy atom. The molecule has 2 heterocycles. The summed E-state index contributed by atoms with van der Waals surface area (Å²) in [7, 11) is -4.06. The Morgan fingerprint density at radius 2 is 1.86 bits per heavy atom. The van der Waals surface area contributed by atoms with Crippen molar-refractivity contribution in [3.8, 4) is 17.6 Å². The summed E-state index contributed by atoms with van der Waals surface area (Å²) < 4.78 is 40.3. The standard InChI is InChI=1S/C24H22Cl2N4O5S/c25-17-11-18(26)13-21(12-17)35-22-4-3-16(14-27)10-23(22)36(32,33)29-19-5-7-30(8-6-19)24(31)28-15-20-2-1-9-34-20/h1-4,9-13,19,29H,5-8,15H2,(H,28,31). The van der Waals surface area contributed by atoms with Crippen LogP contribution in [-0.4, -0.2) is 38.5 Å². The first kappa shape index (κ1) is 25.9. The fourth-order valence-corrected chi connectivity index (χ4v) is 5.72. The van der Waals surface area contributed by atoms with Crippen LogP contribution < -0.4 is 14.8 Å². The van der Waals surface area contributed by atoms with Crippen molar-refractivity contribution in [1.82, 2.24) is 14.9 Å². The van der Waals surface area contributed by atoms with E-state index in [9.17, 15) is 18.5 Å². The van der Waals surface area contributed by atoms with Crippen molar-refractivity contribution in [3.05, 3.63) is 76.2 Å². The van der Waals surface area contributed by atoms with E-state index in [1.54, 1.807) is 17.0 Å². The first-order valence-corrected chi connectivity index (χ1v) is 13.2. The number of sulfonamides is 1. The Labute approximate surface area is 218 Å². The molecule has 4 rings (SSSR count). The minimum atomic E-state index is -4.06. The topological polar surface area (TPSA) is 125 Å². The van der Waals surface area contributed by atoms with Crippen molar-refractivity contribution in [1.29, 1.82) is 5.26 Å². The fourth-order valence-electron chi connectivity index (χ4n) is 3.76. The largest absolute Gasteiger partial charge is 0.467 e. The normalized spacial score (nSPS) is 14.3. The molecule has 1 saturated heterocycles. The van der Waals surface area contributed by atoms with Gasteiger partial charge < -0.3 is 19.4 Å². The van der Waals surface area contributed by atoms with Crippen molar-refractivity contribution < 1.29 is 22.4 Å². The van der Waals surface area contributed by atoms with Gasteiger partial charge in [0.15, 0.2) is 0 Å². The number of urea groups is 1. The molecule has 0 spiro atoms. The number of furan rings is 1. The highest BCUT2D eigenvalue weighted by molar-refractivity contribution is 7.89. The van der Waals surface area contributed by atoms with Gasteiger partial charge in [0.2, 0.25) is 10.0 Å². The highest BCUT2D eigenvalue weighted by Crippen LogP contribution is 2.33. The third kappa shape index (κ3) is 6.50. The van der Waals surface area contributed by atoms with Gasteiger partial charge in [0, 0.05) is 29.2 Å². The number of hydrogen-bond donors (Lipinski definition) is 2. The zero-order chi connectivity index (χ0) is 25.7. The van der Waals surface area contributed by atoms with Gasteiger partial charge in [0.25, 0.3) is 0 Å². The molecule has 1 aliphatic rings. The molecule has 2 aromatic carbocycles. The Kier molecular flexibility index (Phi) is 8.06. The number of hydrogen-bond acceptors (Lipinski definition) is 6. The van der Waals surface area contributed by atoms with E-state index in [0.29, 0.717) is 41.7 Å². The van der Waals surface area contributed by atoms with E-state index in [2.05, 4.69) is 10.0 Å². The third-order valence-electron chi connectivity index (χ3n) is 5.52. The van der Waals surface area contributed by atoms with Gasteiger partial charge in [-0.15, -0.1) is 0 Å². The van der Waals surface area contributed by atoms with Crippen molar-refractivity contribution in [3.63, 3.8) is 0 Å². The number of piperidine rings is 1. The summed E-state index contributed by atoms with van der Waals surface area (Å²) in [4.78, 5) is 13.9. The number of halogens is 2. The quantitative estimate of drug-likeness (QED) is 0.432. The van der Waals surface area contributed by atoms with Crippen LogP contribution in [0, 0.1) is 11.3 Å². The highest BCUT2D eigenvalue weighted by atomic mass is 35.5. The molecule has 0 bridgehead atoms. The van der Waals surface area contributed by atoms with Crippen molar-refractivity contribution in [2.24, 2.45) is 0 Å². The number of benzene rings is 2. The lowest BCUT2D eigenvalue weighted by Crippen LogP contribution is -2.49. The van der Waals surface area contributed by atoms with E-state index in [4.69, 9.17) is 32.4 Å². The third-order valence-corrected chi connectivity index (χ3v) is 7.50. The van der Waals surface area contributed by atoms with E-state index in [1.165, 1.54) is 42.7 Å². The summed E-state index contributed by atoms with van der Waals surface area (Å²) in [6.45, 7) is 1.02. The monoisotopic (exact) mass is 548 g/mol. The van der Waals surface area contributed by atoms with Crippen LogP contribution >= 0.6 is 23.2 Å². The minimum absolute atomic E-state index is 0.0228. The molecular weight excluding hydrogens is 527 g/mol. The molecule has 12 heteroatoms. The molecule has 0 atom stereocenters. The first-order chi connectivity index (χ1) is 17.2. The predicted octanol–water partition coefficient (Wildman–Crippen LogP) is 4.90. The maximum atomic E-state index is 13.3. The van der Waals surface area contributed by atoms with Gasteiger partial charge in [-0.25, -0.2) is 17.9 Å². The second-order valence-electron chi connectivity index (χ2n) is 8.10. The summed E-state index contributed by atoms with van der Waals surface area (Å²) in [6.07, 6.45) is 2.38. The lowest BCUT2D eigenvalue weighted by atomic mass is 10.1. The van der Waals surface area contributed by atoms with Crippen LogP contribution in [-0.2, 0) is 16.6 Å². The number of nitrogens with one attached hydrogen (secondary N) is 2. The number of carbonyl (C=O) groups excluding carboxylic acids is 1. The summed E-state index contributed by atoms with van der Waals surface area (Å²) in [6, 6.07) is 13.5. The van der Waals surface area contributed by atoms with Gasteiger partial charge in [-0.2, -0.15) is 5.26 Å². The molecular formula is C24H22Cl2N4O5S. The highest BCUT2D eigenvalue weighted by Gasteiger charge is 2.29. The molecule has 1 fully saturated rings. The van der Waals surface area contributed by atoms with Crippen molar-refractivity contribution in [2.45, 2.75) is 30.3 Å². The van der Waals surface area contributed by atoms with Gasteiger partial charge >= 0.3 is 6.03 Å². The van der Waals surface area contributed by atoms with Crippen LogP contribution in [0.5, 0.6) is 11.5 Å². The van der Waals surface area contributed by atoms with Gasteiger partial charge in [0.1, 0.15) is 22.2 Å². The van der Waals surface area contributed by atoms with Gasteiger partial charge in [-0.3, -0.25) is 0 Å². The molecule has 1 aliphatic heterocycles. The van der Waals surface area contributed by atoms with E-state index in [0.717, 1.165) is 0 Å². The van der Waals surface area contributed by atoms with Gasteiger partial charge in [-0.1, -0.05) is 23.2 Å². The number of amides is 2. The molecule has 2 N–H and O–H groups in total. The van der Waals surface area contributed by atoms with Crippen LogP contribution in [0.15, 0.2) is 64.1 Å². The molecule has 0 saturated carbocycles. The predicted molar refractivity (Wildman–Crippen MR) is 134 cm³/mol. The number of nitrogens with zero attached hydrogens (tertiary/aromatic N) is 2. The summed E-state index contributed by atoms with van der Waals surface area (Å²) in [5.41, 5.74) is 0.162. The van der Waals surface area contributed by atoms with Crippen molar-refractivity contribution in [2.75, 3.05) is 13.1 Å². The molecule has 9 nitrogen and oxygen atoms in total. The van der Waals surface area contributed by atoms with E-state index in [1.807, 2.05) is 6.07 Å². The summed E-state index contributed by atoms with van der Waals surface area (Å²) in [5.74, 6) is 0.917. The van der Waals surface area contributed by atoms with Crippen molar-refractivity contribution >= 4 is 39.3 Å². The molecule has 3 aromatic rings. The lowest BCUT2D eigenvalue weighted by Gasteiger charge is -2.32. The first-order valence-electron chi connectivity index (χ1n) is 11.0. The zero-order valence-electron chi connectivity index (χ0n) is 18.9. The Bertz CT molecular complexity index is 1360. The Balaban J connectivity index is 1.43. The molecule has 0 unspecified atom stereocenters. The average Bonchev–Trinajstić information content (AvgIpc) is 3.36. The SMILES string of the molecule is N#Cc1ccc(Oc2cc(Cl)cc(Cl)c2)c(S(=O)(=O)NC2CCN(C(=O)NCc3ccco3)CC2)c1. The number of nitriles is 1. The van der Waals surface area contributed by atoms with E-state index in [-0.39, 0.29) is 34.5 Å². The van der Waals surface area contributed by atoms with Gasteiger partial charge in [0.05, 0.1) is 24.4 Å². The minimum Gasteiger partial charge on any atom is -0.467 e. The number of rotatable bonds is 7. The molecule has 0 aliphatic carbocycles. The number of likely N-dealkylation sites (tertiary alicyclic amines) is 1. The lowest BCUT2D eigenvalue weighted by molar-refractivity contribution is 0.178.